The monoisotopic (exact) mass is 178 g/mol. The van der Waals surface area contributed by atoms with Crippen molar-refractivity contribution in [1.29, 1.82) is 0 Å². The number of aromatic nitrogens is 2. The van der Waals surface area contributed by atoms with E-state index in [0.717, 1.165) is 31.5 Å². The van der Waals surface area contributed by atoms with Gasteiger partial charge in [0.25, 0.3) is 0 Å². The fourth-order valence-electron chi connectivity index (χ4n) is 1.93. The summed E-state index contributed by atoms with van der Waals surface area (Å²) in [5, 5.41) is 9.59. The van der Waals surface area contributed by atoms with Gasteiger partial charge in [0.1, 0.15) is 5.82 Å². The molecule has 1 N–H and O–H groups in total. The van der Waals surface area contributed by atoms with Crippen molar-refractivity contribution in [3.8, 4) is 0 Å². The van der Waals surface area contributed by atoms with E-state index in [1.165, 1.54) is 0 Å². The van der Waals surface area contributed by atoms with Gasteiger partial charge in [0.15, 0.2) is 0 Å². The zero-order valence-electron chi connectivity index (χ0n) is 7.56. The Morgan fingerprint density at radius 1 is 1.31 bits per heavy atom. The lowest BCUT2D eigenvalue weighted by molar-refractivity contribution is 0.131. The smallest absolute Gasteiger partial charge is 0.128 e. The first-order valence-corrected chi connectivity index (χ1v) is 4.80. The number of rotatable bonds is 2. The second kappa shape index (κ2) is 3.83. The molecule has 13 heavy (non-hydrogen) atoms. The van der Waals surface area contributed by atoms with E-state index in [0.29, 0.717) is 5.92 Å². The van der Waals surface area contributed by atoms with Crippen LogP contribution in [0.3, 0.4) is 0 Å². The molecule has 3 heteroatoms. The van der Waals surface area contributed by atoms with Gasteiger partial charge >= 0.3 is 0 Å². The molecule has 2 rings (SSSR count). The molecule has 1 aromatic rings. The van der Waals surface area contributed by atoms with Crippen LogP contribution < -0.4 is 0 Å². The maximum absolute atomic E-state index is 9.59. The van der Waals surface area contributed by atoms with E-state index in [-0.39, 0.29) is 6.10 Å². The Morgan fingerprint density at radius 2 is 2.08 bits per heavy atom. The van der Waals surface area contributed by atoms with Crippen molar-refractivity contribution in [2.24, 2.45) is 5.92 Å². The van der Waals surface area contributed by atoms with Gasteiger partial charge < -0.3 is 5.11 Å². The summed E-state index contributed by atoms with van der Waals surface area (Å²) in [4.78, 5) is 8.31. The number of hydrogen-bond donors (Lipinski definition) is 1. The van der Waals surface area contributed by atoms with E-state index < -0.39 is 0 Å². The molecule has 1 heterocycles. The highest BCUT2D eigenvalue weighted by molar-refractivity contribution is 4.92. The molecular formula is C10H14N2O. The molecule has 0 bridgehead atoms. The fourth-order valence-corrected chi connectivity index (χ4v) is 1.93. The second-order valence-corrected chi connectivity index (χ2v) is 3.63. The van der Waals surface area contributed by atoms with Gasteiger partial charge in [0.05, 0.1) is 6.10 Å². The van der Waals surface area contributed by atoms with Gasteiger partial charge in [-0.1, -0.05) is 6.42 Å². The summed E-state index contributed by atoms with van der Waals surface area (Å²) in [6, 6.07) is 1.81. The van der Waals surface area contributed by atoms with Gasteiger partial charge in [-0.15, -0.1) is 0 Å². The van der Waals surface area contributed by atoms with Crippen LogP contribution in [0.25, 0.3) is 0 Å². The molecule has 1 saturated carbocycles. The second-order valence-electron chi connectivity index (χ2n) is 3.63. The third-order valence-corrected chi connectivity index (χ3v) is 2.68. The first kappa shape index (κ1) is 8.63. The number of aliphatic hydroxyl groups is 1. The predicted octanol–water partition coefficient (Wildman–Crippen LogP) is 1.18. The Balaban J connectivity index is 1.98. The molecule has 0 saturated heterocycles. The highest BCUT2D eigenvalue weighted by Crippen LogP contribution is 2.27. The van der Waals surface area contributed by atoms with Crippen molar-refractivity contribution in [3.05, 3.63) is 24.3 Å². The average molecular weight is 178 g/mol. The molecule has 1 aliphatic rings. The quantitative estimate of drug-likeness (QED) is 0.739. The molecule has 1 fully saturated rings. The molecule has 2 unspecified atom stereocenters. The zero-order chi connectivity index (χ0) is 9.10. The maximum Gasteiger partial charge on any atom is 0.128 e. The molecule has 70 valence electrons. The molecule has 2 atom stereocenters. The molecule has 1 aliphatic carbocycles. The van der Waals surface area contributed by atoms with Gasteiger partial charge in [-0.05, 0) is 24.8 Å². The van der Waals surface area contributed by atoms with Gasteiger partial charge in [0.2, 0.25) is 0 Å². The summed E-state index contributed by atoms with van der Waals surface area (Å²) in [5.41, 5.74) is 0. The largest absolute Gasteiger partial charge is 0.393 e. The summed E-state index contributed by atoms with van der Waals surface area (Å²) in [6.07, 6.45) is 7.38. The minimum absolute atomic E-state index is 0.135. The van der Waals surface area contributed by atoms with Crippen LogP contribution in [0.2, 0.25) is 0 Å². The van der Waals surface area contributed by atoms with Crippen molar-refractivity contribution in [3.63, 3.8) is 0 Å². The van der Waals surface area contributed by atoms with E-state index in [1.54, 1.807) is 12.4 Å². The number of hydrogen-bond acceptors (Lipinski definition) is 3. The lowest BCUT2D eigenvalue weighted by Crippen LogP contribution is -2.16. The van der Waals surface area contributed by atoms with Crippen molar-refractivity contribution in [1.82, 2.24) is 9.97 Å². The van der Waals surface area contributed by atoms with E-state index in [9.17, 15) is 5.11 Å². The summed E-state index contributed by atoms with van der Waals surface area (Å²) in [5.74, 6) is 1.23. The van der Waals surface area contributed by atoms with Crippen molar-refractivity contribution in [2.75, 3.05) is 0 Å². The highest BCUT2D eigenvalue weighted by Gasteiger charge is 2.25. The molecule has 0 aliphatic heterocycles. The van der Waals surface area contributed by atoms with Crippen LogP contribution >= 0.6 is 0 Å². The van der Waals surface area contributed by atoms with Crippen LogP contribution in [0.4, 0.5) is 0 Å². The lowest BCUT2D eigenvalue weighted by Gasteiger charge is -2.12. The number of aliphatic hydroxyl groups excluding tert-OH is 1. The Labute approximate surface area is 77.8 Å². The maximum atomic E-state index is 9.59. The summed E-state index contributed by atoms with van der Waals surface area (Å²) < 4.78 is 0. The van der Waals surface area contributed by atoms with E-state index in [2.05, 4.69) is 9.97 Å². The van der Waals surface area contributed by atoms with Crippen molar-refractivity contribution in [2.45, 2.75) is 31.8 Å². The SMILES string of the molecule is OC1CCCC1Cc1ncccn1. The Morgan fingerprint density at radius 3 is 2.69 bits per heavy atom. The van der Waals surface area contributed by atoms with Gasteiger partial charge in [0, 0.05) is 18.8 Å². The van der Waals surface area contributed by atoms with E-state index in [4.69, 9.17) is 0 Å². The van der Waals surface area contributed by atoms with Gasteiger partial charge in [-0.2, -0.15) is 0 Å². The summed E-state index contributed by atoms with van der Waals surface area (Å²) in [7, 11) is 0. The van der Waals surface area contributed by atoms with Gasteiger partial charge in [-0.3, -0.25) is 0 Å². The summed E-state index contributed by atoms with van der Waals surface area (Å²) >= 11 is 0. The molecule has 0 aromatic carbocycles. The summed E-state index contributed by atoms with van der Waals surface area (Å²) in [6.45, 7) is 0. The van der Waals surface area contributed by atoms with Crippen LogP contribution in [0, 0.1) is 5.92 Å². The molecular weight excluding hydrogens is 164 g/mol. The van der Waals surface area contributed by atoms with Crippen molar-refractivity contribution >= 4 is 0 Å². The van der Waals surface area contributed by atoms with Crippen LogP contribution in [-0.4, -0.2) is 21.2 Å². The third-order valence-electron chi connectivity index (χ3n) is 2.68. The lowest BCUT2D eigenvalue weighted by atomic mass is 10.0. The third kappa shape index (κ3) is 2.04. The fraction of sp³-hybridized carbons (Fsp3) is 0.600. The Bertz CT molecular complexity index is 263. The first-order valence-electron chi connectivity index (χ1n) is 4.80. The predicted molar refractivity (Wildman–Crippen MR) is 49.1 cm³/mol. The number of nitrogens with zero attached hydrogens (tertiary/aromatic N) is 2. The van der Waals surface area contributed by atoms with Gasteiger partial charge in [-0.25, -0.2) is 9.97 Å². The zero-order valence-corrected chi connectivity index (χ0v) is 7.56. The molecule has 1 aromatic heterocycles. The van der Waals surface area contributed by atoms with Crippen LogP contribution in [0.1, 0.15) is 25.1 Å². The normalized spacial score (nSPS) is 27.8. The molecule has 0 amide bonds. The van der Waals surface area contributed by atoms with Crippen LogP contribution in [0.15, 0.2) is 18.5 Å². The van der Waals surface area contributed by atoms with E-state index in [1.807, 2.05) is 6.07 Å². The minimum Gasteiger partial charge on any atom is -0.393 e. The minimum atomic E-state index is -0.135. The average Bonchev–Trinajstić information content (AvgIpc) is 2.54. The Hall–Kier alpha value is -0.960. The molecule has 0 radical (unpaired) electrons. The van der Waals surface area contributed by atoms with E-state index >= 15 is 0 Å². The van der Waals surface area contributed by atoms with Crippen molar-refractivity contribution < 1.29 is 5.11 Å². The highest BCUT2D eigenvalue weighted by atomic mass is 16.3. The van der Waals surface area contributed by atoms with Crippen LogP contribution in [-0.2, 0) is 6.42 Å². The standard InChI is InChI=1S/C10H14N2O/c13-9-4-1-3-8(9)7-10-11-5-2-6-12-10/h2,5-6,8-9,13H,1,3-4,7H2. The molecule has 0 spiro atoms. The topological polar surface area (TPSA) is 46.0 Å². The first-order chi connectivity index (χ1) is 6.36. The molecule has 3 nitrogen and oxygen atoms in total. The Kier molecular flexibility index (Phi) is 2.54. The van der Waals surface area contributed by atoms with Crippen LogP contribution in [0.5, 0.6) is 0 Å².